The largest absolute Gasteiger partial charge is 0.480 e. The Kier molecular flexibility index (Phi) is 4.39. The number of nitrogens with zero attached hydrogens (tertiary/aromatic N) is 1. The molecule has 1 heterocycles. The third-order valence-corrected chi connectivity index (χ3v) is 3.58. The Morgan fingerprint density at radius 2 is 2.15 bits per heavy atom. The van der Waals surface area contributed by atoms with Gasteiger partial charge in [0.05, 0.1) is 0 Å². The molecule has 1 aromatic carbocycles. The van der Waals surface area contributed by atoms with Crippen LogP contribution in [0, 0.1) is 0 Å². The van der Waals surface area contributed by atoms with Crippen LogP contribution in [0.5, 0.6) is 0 Å². The van der Waals surface area contributed by atoms with Crippen LogP contribution in [0.2, 0.25) is 0 Å². The monoisotopic (exact) mass is 276 g/mol. The maximum atomic E-state index is 12.3. The summed E-state index contributed by atoms with van der Waals surface area (Å²) in [5, 5.41) is 9.30. The number of anilines is 1. The molecule has 0 saturated heterocycles. The van der Waals surface area contributed by atoms with E-state index in [1.807, 2.05) is 31.2 Å². The molecule has 3 N–H and O–H groups in total. The van der Waals surface area contributed by atoms with Crippen LogP contribution in [0.15, 0.2) is 24.3 Å². The average Bonchev–Trinajstić information content (AvgIpc) is 2.77. The Hall–Kier alpha value is -1.88. The maximum absolute atomic E-state index is 12.3. The van der Waals surface area contributed by atoms with Gasteiger partial charge in [-0.05, 0) is 31.4 Å². The fourth-order valence-corrected chi connectivity index (χ4v) is 2.59. The minimum absolute atomic E-state index is 0.0592. The van der Waals surface area contributed by atoms with E-state index in [1.165, 1.54) is 4.90 Å². The molecular formula is C15H20N2O3. The normalized spacial score (nSPS) is 18.7. The molecule has 0 spiro atoms. The highest BCUT2D eigenvalue weighted by molar-refractivity contribution is 6.01. The summed E-state index contributed by atoms with van der Waals surface area (Å²) in [4.78, 5) is 25.1. The zero-order valence-corrected chi connectivity index (χ0v) is 11.6. The van der Waals surface area contributed by atoms with Crippen LogP contribution >= 0.6 is 0 Å². The van der Waals surface area contributed by atoms with Gasteiger partial charge in [-0.15, -0.1) is 0 Å². The van der Waals surface area contributed by atoms with E-state index in [9.17, 15) is 14.7 Å². The number of hydrogen-bond donors (Lipinski definition) is 2. The number of aliphatic carboxylic acids is 1. The summed E-state index contributed by atoms with van der Waals surface area (Å²) in [5.41, 5.74) is 7.31. The number of carboxylic acids is 1. The van der Waals surface area contributed by atoms with Crippen LogP contribution in [0.4, 0.5) is 5.69 Å². The van der Waals surface area contributed by atoms with Gasteiger partial charge in [-0.3, -0.25) is 9.69 Å². The first-order valence-corrected chi connectivity index (χ1v) is 6.89. The van der Waals surface area contributed by atoms with E-state index in [1.54, 1.807) is 0 Å². The van der Waals surface area contributed by atoms with Gasteiger partial charge >= 0.3 is 5.97 Å². The zero-order chi connectivity index (χ0) is 14.7. The van der Waals surface area contributed by atoms with Crippen LogP contribution in [0.25, 0.3) is 0 Å². The van der Waals surface area contributed by atoms with Gasteiger partial charge < -0.3 is 10.8 Å². The van der Waals surface area contributed by atoms with E-state index < -0.39 is 12.0 Å². The van der Waals surface area contributed by atoms with Gasteiger partial charge in [-0.25, -0.2) is 4.79 Å². The van der Waals surface area contributed by atoms with Crippen molar-refractivity contribution in [1.29, 1.82) is 0 Å². The molecule has 5 nitrogen and oxygen atoms in total. The van der Waals surface area contributed by atoms with Gasteiger partial charge in [-0.2, -0.15) is 0 Å². The SMILES string of the molecule is CC(N)CCCC(=O)N1c2ccccc2CC1C(=O)O. The van der Waals surface area contributed by atoms with Crippen LogP contribution in [-0.2, 0) is 16.0 Å². The summed E-state index contributed by atoms with van der Waals surface area (Å²) in [6.45, 7) is 1.90. The number of carboxylic acid groups (broad SMARTS) is 1. The average molecular weight is 276 g/mol. The highest BCUT2D eigenvalue weighted by Gasteiger charge is 2.37. The lowest BCUT2D eigenvalue weighted by Gasteiger charge is -2.22. The zero-order valence-electron chi connectivity index (χ0n) is 11.6. The van der Waals surface area contributed by atoms with Crippen molar-refractivity contribution < 1.29 is 14.7 Å². The lowest BCUT2D eigenvalue weighted by molar-refractivity contribution is -0.139. The second-order valence-corrected chi connectivity index (χ2v) is 5.32. The topological polar surface area (TPSA) is 83.6 Å². The summed E-state index contributed by atoms with van der Waals surface area (Å²) in [6.07, 6.45) is 2.16. The van der Waals surface area contributed by atoms with Crippen molar-refractivity contribution in [3.05, 3.63) is 29.8 Å². The van der Waals surface area contributed by atoms with Gasteiger partial charge in [0.1, 0.15) is 6.04 Å². The Morgan fingerprint density at radius 3 is 2.80 bits per heavy atom. The molecule has 0 fully saturated rings. The van der Waals surface area contributed by atoms with E-state index in [0.29, 0.717) is 19.3 Å². The van der Waals surface area contributed by atoms with Crippen molar-refractivity contribution in [3.63, 3.8) is 0 Å². The molecule has 2 unspecified atom stereocenters. The van der Waals surface area contributed by atoms with Gasteiger partial charge in [0.2, 0.25) is 5.91 Å². The molecular weight excluding hydrogens is 256 g/mol. The van der Waals surface area contributed by atoms with Crippen LogP contribution in [0.1, 0.15) is 31.7 Å². The van der Waals surface area contributed by atoms with E-state index in [0.717, 1.165) is 17.7 Å². The van der Waals surface area contributed by atoms with Gasteiger partial charge in [0.15, 0.2) is 0 Å². The van der Waals surface area contributed by atoms with Crippen LogP contribution in [0.3, 0.4) is 0 Å². The molecule has 1 aromatic rings. The molecule has 1 amide bonds. The maximum Gasteiger partial charge on any atom is 0.327 e. The number of para-hydroxylation sites is 1. The van der Waals surface area contributed by atoms with Crippen molar-refractivity contribution in [2.45, 2.75) is 44.7 Å². The molecule has 5 heteroatoms. The highest BCUT2D eigenvalue weighted by Crippen LogP contribution is 2.32. The number of benzene rings is 1. The molecule has 1 aliphatic rings. The molecule has 2 atom stereocenters. The lowest BCUT2D eigenvalue weighted by Crippen LogP contribution is -2.42. The summed E-state index contributed by atoms with van der Waals surface area (Å²) in [6, 6.07) is 6.65. The molecule has 0 aliphatic carbocycles. The second kappa shape index (κ2) is 6.05. The standard InChI is InChI=1S/C15H20N2O3/c1-10(16)5-4-8-14(18)17-12-7-3-2-6-11(12)9-13(17)15(19)20/h2-3,6-7,10,13H,4-5,8-9,16H2,1H3,(H,19,20). The Bertz CT molecular complexity index is 514. The number of carbonyl (C=O) groups excluding carboxylic acids is 1. The van der Waals surface area contributed by atoms with Crippen molar-refractivity contribution in [2.24, 2.45) is 5.73 Å². The third kappa shape index (κ3) is 2.99. The molecule has 0 bridgehead atoms. The molecule has 0 radical (unpaired) electrons. The molecule has 20 heavy (non-hydrogen) atoms. The number of fused-ring (bicyclic) bond motifs is 1. The van der Waals surface area contributed by atoms with Crippen molar-refractivity contribution in [2.75, 3.05) is 4.90 Å². The minimum Gasteiger partial charge on any atom is -0.480 e. The summed E-state index contributed by atoms with van der Waals surface area (Å²) in [5.74, 6) is -1.09. The van der Waals surface area contributed by atoms with Gasteiger partial charge in [-0.1, -0.05) is 18.2 Å². The quantitative estimate of drug-likeness (QED) is 0.854. The number of amides is 1. The number of rotatable bonds is 5. The molecule has 2 rings (SSSR count). The van der Waals surface area contributed by atoms with Crippen LogP contribution in [-0.4, -0.2) is 29.1 Å². The Morgan fingerprint density at radius 1 is 1.45 bits per heavy atom. The van der Waals surface area contributed by atoms with Gasteiger partial charge in [0, 0.05) is 24.6 Å². The number of hydrogen-bond acceptors (Lipinski definition) is 3. The minimum atomic E-state index is -0.957. The van der Waals surface area contributed by atoms with E-state index in [-0.39, 0.29) is 11.9 Å². The predicted octanol–water partition coefficient (Wildman–Crippen LogP) is 1.55. The lowest BCUT2D eigenvalue weighted by atomic mass is 10.1. The number of nitrogens with two attached hydrogens (primary N) is 1. The summed E-state index contributed by atoms with van der Waals surface area (Å²) < 4.78 is 0. The highest BCUT2D eigenvalue weighted by atomic mass is 16.4. The van der Waals surface area contributed by atoms with Crippen molar-refractivity contribution in [1.82, 2.24) is 0 Å². The van der Waals surface area contributed by atoms with E-state index in [2.05, 4.69) is 0 Å². The molecule has 0 aromatic heterocycles. The molecule has 0 saturated carbocycles. The first kappa shape index (κ1) is 14.5. The summed E-state index contributed by atoms with van der Waals surface area (Å²) >= 11 is 0. The van der Waals surface area contributed by atoms with Crippen molar-refractivity contribution in [3.8, 4) is 0 Å². The number of carbonyl (C=O) groups is 2. The predicted molar refractivity (Wildman–Crippen MR) is 76.6 cm³/mol. The third-order valence-electron chi connectivity index (χ3n) is 3.58. The Labute approximate surface area is 118 Å². The first-order chi connectivity index (χ1) is 9.50. The fourth-order valence-electron chi connectivity index (χ4n) is 2.59. The molecule has 108 valence electrons. The van der Waals surface area contributed by atoms with Crippen LogP contribution < -0.4 is 10.6 Å². The Balaban J connectivity index is 2.14. The van der Waals surface area contributed by atoms with Crippen molar-refractivity contribution >= 4 is 17.6 Å². The van der Waals surface area contributed by atoms with E-state index in [4.69, 9.17) is 5.73 Å². The second-order valence-electron chi connectivity index (χ2n) is 5.32. The summed E-state index contributed by atoms with van der Waals surface area (Å²) in [7, 11) is 0. The first-order valence-electron chi connectivity index (χ1n) is 6.89. The fraction of sp³-hybridized carbons (Fsp3) is 0.467. The van der Waals surface area contributed by atoms with E-state index >= 15 is 0 Å². The van der Waals surface area contributed by atoms with Gasteiger partial charge in [0.25, 0.3) is 0 Å². The smallest absolute Gasteiger partial charge is 0.327 e. The molecule has 1 aliphatic heterocycles.